The van der Waals surface area contributed by atoms with E-state index in [4.69, 9.17) is 9.47 Å². The smallest absolute Gasteiger partial charge is 0.260 e. The minimum absolute atomic E-state index is 0.124. The lowest BCUT2D eigenvalue weighted by molar-refractivity contribution is 0.0765. The van der Waals surface area contributed by atoms with Gasteiger partial charge >= 0.3 is 0 Å². The van der Waals surface area contributed by atoms with Crippen molar-refractivity contribution in [3.63, 3.8) is 0 Å². The number of rotatable bonds is 8. The number of hydrogen-bond donors (Lipinski definition) is 1. The van der Waals surface area contributed by atoms with Gasteiger partial charge in [-0.2, -0.15) is 0 Å². The molecule has 3 aromatic carbocycles. The van der Waals surface area contributed by atoms with E-state index < -0.39 is 11.6 Å². The molecule has 2 atom stereocenters. The SMILES string of the molecule is COc1ccc(CN2Cc3nc(-c4c(F)cccc4F)nc(Nc4ccc(C5CCC[C@@H](C)C5)cc4)c3C2=O)c(OC)c1. The Bertz CT molecular complexity index is 1640. The van der Waals surface area contributed by atoms with Gasteiger partial charge in [0, 0.05) is 17.3 Å². The molecule has 43 heavy (non-hydrogen) atoms. The minimum Gasteiger partial charge on any atom is -0.497 e. The highest BCUT2D eigenvalue weighted by Crippen LogP contribution is 2.38. The summed E-state index contributed by atoms with van der Waals surface area (Å²) >= 11 is 0. The highest BCUT2D eigenvalue weighted by Gasteiger charge is 2.34. The molecule has 0 radical (unpaired) electrons. The molecule has 1 N–H and O–H groups in total. The van der Waals surface area contributed by atoms with E-state index in [-0.39, 0.29) is 41.8 Å². The van der Waals surface area contributed by atoms with E-state index in [1.807, 2.05) is 18.2 Å². The van der Waals surface area contributed by atoms with Crippen LogP contribution in [0.4, 0.5) is 20.3 Å². The Hall–Kier alpha value is -4.53. The molecular weight excluding hydrogens is 550 g/mol. The summed E-state index contributed by atoms with van der Waals surface area (Å²) in [5.41, 5.74) is 3.11. The molecule has 222 valence electrons. The first-order valence-corrected chi connectivity index (χ1v) is 14.6. The van der Waals surface area contributed by atoms with Crippen LogP contribution in [-0.2, 0) is 13.1 Å². The molecule has 0 spiro atoms. The third-order valence-corrected chi connectivity index (χ3v) is 8.45. The van der Waals surface area contributed by atoms with Gasteiger partial charge in [0.25, 0.3) is 5.91 Å². The van der Waals surface area contributed by atoms with Crippen molar-refractivity contribution < 1.29 is 23.0 Å². The van der Waals surface area contributed by atoms with E-state index >= 15 is 0 Å². The Morgan fingerprint density at radius 2 is 1.72 bits per heavy atom. The summed E-state index contributed by atoms with van der Waals surface area (Å²) in [5, 5.41) is 3.26. The number of methoxy groups -OCH3 is 2. The van der Waals surface area contributed by atoms with Crippen molar-refractivity contribution >= 4 is 17.4 Å². The highest BCUT2D eigenvalue weighted by molar-refractivity contribution is 6.03. The number of benzene rings is 3. The van der Waals surface area contributed by atoms with Gasteiger partial charge in [0.2, 0.25) is 0 Å². The van der Waals surface area contributed by atoms with Gasteiger partial charge in [0.05, 0.1) is 38.6 Å². The maximum atomic E-state index is 14.8. The number of fused-ring (bicyclic) bond motifs is 1. The Balaban J connectivity index is 1.35. The number of anilines is 2. The van der Waals surface area contributed by atoms with Gasteiger partial charge in [0.1, 0.15) is 34.5 Å². The number of carbonyl (C=O) groups is 1. The second kappa shape index (κ2) is 12.0. The van der Waals surface area contributed by atoms with E-state index in [1.54, 1.807) is 31.3 Å². The standard InChI is InChI=1S/C34H34F2N4O3/c1-20-6-4-7-22(16-20)21-10-13-24(14-11-21)37-33-31-28(38-32(39-33)30-26(35)8-5-9-27(30)36)19-40(34(31)41)18-23-12-15-25(42-2)17-29(23)43-3/h5,8-15,17,20,22H,4,6-7,16,18-19H2,1-3H3,(H,37,38,39)/t20-,22?/m1/s1. The van der Waals surface area contributed by atoms with Crippen LogP contribution in [0.1, 0.15) is 65.7 Å². The fraction of sp³-hybridized carbons (Fsp3) is 0.324. The highest BCUT2D eigenvalue weighted by atomic mass is 19.1. The molecule has 1 amide bonds. The predicted octanol–water partition coefficient (Wildman–Crippen LogP) is 7.63. The summed E-state index contributed by atoms with van der Waals surface area (Å²) in [6, 6.07) is 17.2. The monoisotopic (exact) mass is 584 g/mol. The Morgan fingerprint density at radius 1 is 0.953 bits per heavy atom. The number of nitrogens with one attached hydrogen (secondary N) is 1. The molecule has 2 heterocycles. The van der Waals surface area contributed by atoms with Gasteiger partial charge in [-0.15, -0.1) is 0 Å². The third-order valence-electron chi connectivity index (χ3n) is 8.45. The molecule has 0 saturated heterocycles. The molecule has 1 aromatic heterocycles. The first-order valence-electron chi connectivity index (χ1n) is 14.6. The Kier molecular flexibility index (Phi) is 7.97. The van der Waals surface area contributed by atoms with Crippen molar-refractivity contribution in [2.75, 3.05) is 19.5 Å². The van der Waals surface area contributed by atoms with Crippen LogP contribution in [0.2, 0.25) is 0 Å². The second-order valence-corrected chi connectivity index (χ2v) is 11.4. The number of halogens is 2. The molecule has 1 unspecified atom stereocenters. The van der Waals surface area contributed by atoms with Crippen molar-refractivity contribution in [2.45, 2.75) is 51.6 Å². The summed E-state index contributed by atoms with van der Waals surface area (Å²) in [5.74, 6) is 0.692. The maximum absolute atomic E-state index is 14.8. The van der Waals surface area contributed by atoms with Crippen molar-refractivity contribution in [2.24, 2.45) is 5.92 Å². The minimum atomic E-state index is -0.777. The summed E-state index contributed by atoms with van der Waals surface area (Å²) in [6.45, 7) is 2.68. The summed E-state index contributed by atoms with van der Waals surface area (Å²) in [7, 11) is 3.13. The van der Waals surface area contributed by atoms with E-state index in [0.717, 1.165) is 11.3 Å². The van der Waals surface area contributed by atoms with Crippen molar-refractivity contribution in [3.05, 3.63) is 94.7 Å². The number of amides is 1. The Morgan fingerprint density at radius 3 is 2.42 bits per heavy atom. The lowest BCUT2D eigenvalue weighted by Crippen LogP contribution is -2.24. The van der Waals surface area contributed by atoms with Gasteiger partial charge in [-0.1, -0.05) is 38.0 Å². The summed E-state index contributed by atoms with van der Waals surface area (Å²) in [4.78, 5) is 24.4. The van der Waals surface area contributed by atoms with E-state index in [9.17, 15) is 13.6 Å². The molecule has 1 aliphatic heterocycles. The lowest BCUT2D eigenvalue weighted by Gasteiger charge is -2.27. The van der Waals surface area contributed by atoms with Gasteiger partial charge in [0.15, 0.2) is 5.82 Å². The first-order chi connectivity index (χ1) is 20.8. The fourth-order valence-corrected chi connectivity index (χ4v) is 6.20. The quantitative estimate of drug-likeness (QED) is 0.230. The van der Waals surface area contributed by atoms with Crippen LogP contribution in [-0.4, -0.2) is 35.0 Å². The van der Waals surface area contributed by atoms with Crippen LogP contribution < -0.4 is 14.8 Å². The van der Waals surface area contributed by atoms with Crippen molar-refractivity contribution in [1.29, 1.82) is 0 Å². The predicted molar refractivity (Wildman–Crippen MR) is 161 cm³/mol. The van der Waals surface area contributed by atoms with Crippen LogP contribution in [0.3, 0.4) is 0 Å². The number of carbonyl (C=O) groups excluding carboxylic acids is 1. The third kappa shape index (κ3) is 5.76. The molecule has 2 aliphatic rings. The van der Waals surface area contributed by atoms with Crippen molar-refractivity contribution in [1.82, 2.24) is 14.9 Å². The van der Waals surface area contributed by atoms with Crippen LogP contribution in [0, 0.1) is 17.6 Å². The fourth-order valence-electron chi connectivity index (χ4n) is 6.20. The second-order valence-electron chi connectivity index (χ2n) is 11.4. The maximum Gasteiger partial charge on any atom is 0.260 e. The van der Waals surface area contributed by atoms with Crippen LogP contribution in [0.5, 0.6) is 11.5 Å². The number of hydrogen-bond acceptors (Lipinski definition) is 6. The molecule has 6 rings (SSSR count). The molecule has 1 fully saturated rings. The lowest BCUT2D eigenvalue weighted by atomic mass is 9.79. The average Bonchev–Trinajstić information content (AvgIpc) is 3.32. The van der Waals surface area contributed by atoms with Crippen molar-refractivity contribution in [3.8, 4) is 22.9 Å². The topological polar surface area (TPSA) is 76.6 Å². The van der Waals surface area contributed by atoms with E-state index in [1.165, 1.54) is 49.4 Å². The molecule has 4 aromatic rings. The number of nitrogens with zero attached hydrogens (tertiary/aromatic N) is 3. The zero-order chi connectivity index (χ0) is 30.1. The molecule has 1 aliphatic carbocycles. The summed E-state index contributed by atoms with van der Waals surface area (Å²) in [6.07, 6.45) is 4.86. The summed E-state index contributed by atoms with van der Waals surface area (Å²) < 4.78 is 40.5. The first kappa shape index (κ1) is 28.6. The molecule has 7 nitrogen and oxygen atoms in total. The van der Waals surface area contributed by atoms with Crippen LogP contribution >= 0.6 is 0 Å². The normalized spacial score (nSPS) is 18.0. The number of aromatic nitrogens is 2. The molecule has 1 saturated carbocycles. The average molecular weight is 585 g/mol. The zero-order valence-corrected chi connectivity index (χ0v) is 24.5. The largest absolute Gasteiger partial charge is 0.497 e. The van der Waals surface area contributed by atoms with Crippen LogP contribution in [0.25, 0.3) is 11.4 Å². The van der Waals surface area contributed by atoms with Gasteiger partial charge in [-0.25, -0.2) is 18.7 Å². The van der Waals surface area contributed by atoms with Gasteiger partial charge in [-0.05, 0) is 66.6 Å². The van der Waals surface area contributed by atoms with E-state index in [0.29, 0.717) is 29.0 Å². The Labute approximate surface area is 249 Å². The molecular formula is C34H34F2N4O3. The van der Waals surface area contributed by atoms with Gasteiger partial charge < -0.3 is 19.7 Å². The molecule has 9 heteroatoms. The number of ether oxygens (including phenoxy) is 2. The molecule has 0 bridgehead atoms. The zero-order valence-electron chi connectivity index (χ0n) is 24.5. The van der Waals surface area contributed by atoms with E-state index in [2.05, 4.69) is 34.3 Å². The van der Waals surface area contributed by atoms with Crippen LogP contribution in [0.15, 0.2) is 60.7 Å². The van der Waals surface area contributed by atoms with Gasteiger partial charge in [-0.3, -0.25) is 4.79 Å².